The number of urea groups is 1. The maximum atomic E-state index is 12.5. The first-order valence-electron chi connectivity index (χ1n) is 9.34. The first-order chi connectivity index (χ1) is 13.1. The minimum atomic E-state index is -4.30. The van der Waals surface area contributed by atoms with Crippen molar-refractivity contribution in [2.45, 2.75) is 63.2 Å². The smallest absolute Gasteiger partial charge is 0.336 e. The molecule has 0 saturated heterocycles. The van der Waals surface area contributed by atoms with Gasteiger partial charge in [0.2, 0.25) is 0 Å². The number of carbonyl (C=O) groups is 1. The van der Waals surface area contributed by atoms with Gasteiger partial charge < -0.3 is 14.8 Å². The summed E-state index contributed by atoms with van der Waals surface area (Å²) in [5.41, 5.74) is 4.05. The molecular formula is C19H23N3O5S. The molecule has 4 rings (SSSR count). The Morgan fingerprint density at radius 2 is 1.75 bits per heavy atom. The minimum Gasteiger partial charge on any atom is -0.429 e. The van der Waals surface area contributed by atoms with Crippen molar-refractivity contribution in [1.29, 1.82) is 0 Å². The van der Waals surface area contributed by atoms with Crippen LogP contribution in [0.3, 0.4) is 0 Å². The number of sulfonamides is 1. The van der Waals surface area contributed by atoms with Gasteiger partial charge >= 0.3 is 21.3 Å². The topological polar surface area (TPSA) is 122 Å². The molecule has 0 radical (unpaired) electrons. The van der Waals surface area contributed by atoms with Crippen molar-refractivity contribution in [3.63, 3.8) is 0 Å². The number of nitrogens with zero attached hydrogens (tertiary/aromatic N) is 1. The molecule has 2 amide bonds. The van der Waals surface area contributed by atoms with Gasteiger partial charge in [-0.1, -0.05) is 6.07 Å². The fraction of sp³-hybridized carbons (Fsp3) is 0.474. The van der Waals surface area contributed by atoms with Crippen LogP contribution < -0.4 is 10.0 Å². The normalized spacial score (nSPS) is 16.0. The Labute approximate surface area is 163 Å². The van der Waals surface area contributed by atoms with E-state index >= 15 is 0 Å². The third-order valence-corrected chi connectivity index (χ3v) is 6.36. The molecule has 3 N–H and O–H groups in total. The number of hydrogen-bond donors (Lipinski definition) is 3. The maximum Gasteiger partial charge on any atom is 0.336 e. The van der Waals surface area contributed by atoms with Crippen molar-refractivity contribution in [3.05, 3.63) is 40.3 Å². The highest BCUT2D eigenvalue weighted by Crippen LogP contribution is 2.38. The molecule has 9 heteroatoms. The molecule has 0 aliphatic heterocycles. The Morgan fingerprint density at radius 1 is 1.14 bits per heavy atom. The van der Waals surface area contributed by atoms with Gasteiger partial charge in [-0.3, -0.25) is 0 Å². The molecular weight excluding hydrogens is 382 g/mol. The van der Waals surface area contributed by atoms with Gasteiger partial charge in [0.25, 0.3) is 0 Å². The Morgan fingerprint density at radius 3 is 2.29 bits per heavy atom. The van der Waals surface area contributed by atoms with Crippen LogP contribution in [-0.2, 0) is 41.3 Å². The summed E-state index contributed by atoms with van der Waals surface area (Å²) in [5, 5.41) is 12.0. The first kappa shape index (κ1) is 18.9. The minimum absolute atomic E-state index is 0.00742. The molecule has 0 unspecified atom stereocenters. The predicted octanol–water partition coefficient (Wildman–Crippen LogP) is 2.39. The van der Waals surface area contributed by atoms with Crippen LogP contribution in [0.15, 0.2) is 21.9 Å². The number of aromatic nitrogens is 1. The number of aryl methyl sites for hydroxylation is 2. The lowest BCUT2D eigenvalue weighted by Gasteiger charge is -2.16. The van der Waals surface area contributed by atoms with E-state index in [1.165, 1.54) is 25.0 Å². The van der Waals surface area contributed by atoms with Gasteiger partial charge in [0.15, 0.2) is 5.76 Å². The summed E-state index contributed by atoms with van der Waals surface area (Å²) in [4.78, 5) is 16.2. The molecule has 0 atom stereocenters. The van der Waals surface area contributed by atoms with Crippen molar-refractivity contribution in [2.75, 3.05) is 5.32 Å². The maximum absolute atomic E-state index is 12.5. The fourth-order valence-electron chi connectivity index (χ4n) is 3.94. The zero-order valence-corrected chi connectivity index (χ0v) is 16.6. The van der Waals surface area contributed by atoms with E-state index in [-0.39, 0.29) is 5.76 Å². The lowest BCUT2D eigenvalue weighted by molar-refractivity contribution is 0.0500. The van der Waals surface area contributed by atoms with Crippen molar-refractivity contribution in [1.82, 2.24) is 9.71 Å². The molecule has 0 spiro atoms. The van der Waals surface area contributed by atoms with Crippen LogP contribution in [0.4, 0.5) is 10.5 Å². The SMILES string of the molecule is CC(C)(O)c1cnc(S(=O)(=O)NC(=O)Nc2c3c(cc4c2CCC4)CCC3)o1. The Bertz CT molecular complexity index is 1020. The second-order valence-electron chi connectivity index (χ2n) is 7.84. The second-order valence-corrected chi connectivity index (χ2v) is 9.40. The van der Waals surface area contributed by atoms with E-state index < -0.39 is 26.9 Å². The molecule has 28 heavy (non-hydrogen) atoms. The Balaban J connectivity index is 1.56. The van der Waals surface area contributed by atoms with Crippen molar-refractivity contribution in [2.24, 2.45) is 0 Å². The number of aliphatic hydroxyl groups is 1. The number of benzene rings is 1. The number of carbonyl (C=O) groups excluding carboxylic acids is 1. The molecule has 0 fully saturated rings. The molecule has 1 heterocycles. The van der Waals surface area contributed by atoms with Crippen molar-refractivity contribution >= 4 is 21.7 Å². The van der Waals surface area contributed by atoms with Gasteiger partial charge in [-0.05, 0) is 74.6 Å². The molecule has 150 valence electrons. The van der Waals surface area contributed by atoms with Crippen LogP contribution in [0.25, 0.3) is 0 Å². The van der Waals surface area contributed by atoms with E-state index in [2.05, 4.69) is 16.4 Å². The van der Waals surface area contributed by atoms with Crippen molar-refractivity contribution < 1.29 is 22.7 Å². The van der Waals surface area contributed by atoms with Crippen LogP contribution in [-0.4, -0.2) is 24.5 Å². The molecule has 2 aliphatic carbocycles. The van der Waals surface area contributed by atoms with Crippen LogP contribution in [0, 0.1) is 0 Å². The number of anilines is 1. The second kappa shape index (κ2) is 6.59. The number of amides is 2. The number of rotatable bonds is 4. The Kier molecular flexibility index (Phi) is 4.46. The summed E-state index contributed by atoms with van der Waals surface area (Å²) in [7, 11) is -4.30. The highest BCUT2D eigenvalue weighted by atomic mass is 32.2. The summed E-state index contributed by atoms with van der Waals surface area (Å²) in [6.45, 7) is 2.89. The van der Waals surface area contributed by atoms with E-state index in [4.69, 9.17) is 4.42 Å². The van der Waals surface area contributed by atoms with E-state index in [0.29, 0.717) is 0 Å². The highest BCUT2D eigenvalue weighted by molar-refractivity contribution is 7.89. The third-order valence-electron chi connectivity index (χ3n) is 5.26. The lowest BCUT2D eigenvalue weighted by Crippen LogP contribution is -2.35. The Hall–Kier alpha value is -2.39. The molecule has 0 bridgehead atoms. The molecule has 1 aromatic heterocycles. The first-order valence-corrected chi connectivity index (χ1v) is 10.8. The van der Waals surface area contributed by atoms with E-state index in [9.17, 15) is 18.3 Å². The van der Waals surface area contributed by atoms with Gasteiger partial charge in [0.05, 0.1) is 6.20 Å². The summed E-state index contributed by atoms with van der Waals surface area (Å²) in [5.74, 6) is -0.00742. The average molecular weight is 405 g/mol. The third kappa shape index (κ3) is 3.40. The van der Waals surface area contributed by atoms with Gasteiger partial charge in [-0.15, -0.1) is 0 Å². The summed E-state index contributed by atoms with van der Waals surface area (Å²) >= 11 is 0. The number of oxazole rings is 1. The zero-order chi connectivity index (χ0) is 20.1. The summed E-state index contributed by atoms with van der Waals surface area (Å²) in [6.07, 6.45) is 6.90. The van der Waals surface area contributed by atoms with Gasteiger partial charge in [0.1, 0.15) is 5.60 Å². The molecule has 2 aromatic rings. The van der Waals surface area contributed by atoms with E-state index in [1.54, 1.807) is 0 Å². The number of nitrogens with one attached hydrogen (secondary N) is 2. The summed E-state index contributed by atoms with van der Waals surface area (Å²) < 4.78 is 31.9. The fourth-order valence-corrected chi connectivity index (χ4v) is 4.71. The standard InChI is InChI=1S/C19H23N3O5S/c1-19(2,24)15-10-20-18(27-15)28(25,26)22-17(23)21-16-13-7-3-5-11(13)9-12-6-4-8-14(12)16/h9-10,24H,3-8H2,1-2H3,(H2,21,22,23). The lowest BCUT2D eigenvalue weighted by atomic mass is 9.99. The number of fused-ring (bicyclic) bond motifs is 2. The van der Waals surface area contributed by atoms with E-state index in [1.807, 2.05) is 4.72 Å². The van der Waals surface area contributed by atoms with Crippen molar-refractivity contribution in [3.8, 4) is 0 Å². The van der Waals surface area contributed by atoms with Gasteiger partial charge in [-0.25, -0.2) is 14.5 Å². The number of hydrogen-bond acceptors (Lipinski definition) is 6. The molecule has 2 aliphatic rings. The van der Waals surface area contributed by atoms with Crippen LogP contribution >= 0.6 is 0 Å². The highest BCUT2D eigenvalue weighted by Gasteiger charge is 2.30. The monoisotopic (exact) mass is 405 g/mol. The van der Waals surface area contributed by atoms with Gasteiger partial charge in [0, 0.05) is 5.69 Å². The molecule has 8 nitrogen and oxygen atoms in total. The molecule has 0 saturated carbocycles. The van der Waals surface area contributed by atoms with Crippen LogP contribution in [0.5, 0.6) is 0 Å². The van der Waals surface area contributed by atoms with E-state index in [0.717, 1.165) is 61.5 Å². The van der Waals surface area contributed by atoms with Gasteiger partial charge in [-0.2, -0.15) is 8.42 Å². The quantitative estimate of drug-likeness (QED) is 0.718. The molecule has 1 aromatic carbocycles. The largest absolute Gasteiger partial charge is 0.429 e. The van der Waals surface area contributed by atoms with Crippen LogP contribution in [0.2, 0.25) is 0 Å². The average Bonchev–Trinajstić information content (AvgIpc) is 3.33. The zero-order valence-electron chi connectivity index (χ0n) is 15.8. The van der Waals surface area contributed by atoms with Crippen LogP contribution in [0.1, 0.15) is 54.7 Å². The predicted molar refractivity (Wildman–Crippen MR) is 102 cm³/mol. The summed E-state index contributed by atoms with van der Waals surface area (Å²) in [6, 6.07) is 1.38.